The first-order valence-corrected chi connectivity index (χ1v) is 14.1. The van der Waals surface area contributed by atoms with Gasteiger partial charge in [0.05, 0.1) is 0 Å². The van der Waals surface area contributed by atoms with Crippen LogP contribution in [0.5, 0.6) is 11.5 Å². The molecule has 3 aromatic rings. The molecule has 2 aliphatic rings. The maximum atomic E-state index is 15.0. The lowest BCUT2D eigenvalue weighted by Gasteiger charge is -2.46. The number of rotatable bonds is 6. The second-order valence-corrected chi connectivity index (χ2v) is 11.5. The average Bonchev–Trinajstić information content (AvgIpc) is 3.41. The summed E-state index contributed by atoms with van der Waals surface area (Å²) in [6.07, 6.45) is 1.82. The van der Waals surface area contributed by atoms with Crippen LogP contribution in [0, 0.1) is 24.7 Å². The van der Waals surface area contributed by atoms with Crippen molar-refractivity contribution in [3.8, 4) is 11.5 Å². The zero-order chi connectivity index (χ0) is 29.3. The Labute approximate surface area is 240 Å². The number of hydrogen-bond acceptors (Lipinski definition) is 5. The Bertz CT molecular complexity index is 1430. The van der Waals surface area contributed by atoms with Crippen molar-refractivity contribution in [2.75, 3.05) is 40.3 Å². The lowest BCUT2D eigenvalue weighted by atomic mass is 9.67. The van der Waals surface area contributed by atoms with Gasteiger partial charge >= 0.3 is 6.03 Å². The highest BCUT2D eigenvalue weighted by molar-refractivity contribution is 5.99. The zero-order valence-corrected chi connectivity index (χ0v) is 23.8. The van der Waals surface area contributed by atoms with Crippen molar-refractivity contribution in [1.29, 1.82) is 0 Å². The number of nitrogens with zero attached hydrogens (tertiary/aromatic N) is 3. The van der Waals surface area contributed by atoms with Crippen LogP contribution in [0.25, 0.3) is 0 Å². The van der Waals surface area contributed by atoms with Crippen molar-refractivity contribution in [2.45, 2.75) is 37.6 Å². The molecule has 1 radical (unpaired) electrons. The molecule has 5 rings (SSSR count). The van der Waals surface area contributed by atoms with Crippen LogP contribution in [0.1, 0.15) is 51.7 Å². The van der Waals surface area contributed by atoms with Crippen LogP contribution in [0.3, 0.4) is 0 Å². The molecule has 0 saturated carbocycles. The van der Waals surface area contributed by atoms with E-state index in [4.69, 9.17) is 0 Å². The number of likely N-dealkylation sites (tertiary alicyclic amines) is 2. The van der Waals surface area contributed by atoms with Gasteiger partial charge in [-0.2, -0.15) is 0 Å². The van der Waals surface area contributed by atoms with Gasteiger partial charge in [-0.1, -0.05) is 36.4 Å². The minimum atomic E-state index is -0.751. The maximum absolute atomic E-state index is 15.0. The van der Waals surface area contributed by atoms with Gasteiger partial charge in [0, 0.05) is 55.5 Å². The molecule has 0 aliphatic carbocycles. The molecule has 2 fully saturated rings. The summed E-state index contributed by atoms with van der Waals surface area (Å²) >= 11 is 0. The lowest BCUT2D eigenvalue weighted by Crippen LogP contribution is -2.55. The molecule has 7 nitrogen and oxygen atoms in total. The molecule has 8 heteroatoms. The number of urea groups is 1. The van der Waals surface area contributed by atoms with Gasteiger partial charge in [-0.05, 0) is 80.9 Å². The third-order valence-corrected chi connectivity index (χ3v) is 8.58. The Hall–Kier alpha value is -3.91. The van der Waals surface area contributed by atoms with Crippen LogP contribution >= 0.6 is 0 Å². The molecule has 2 saturated heterocycles. The quantitative estimate of drug-likeness (QED) is 0.408. The Balaban J connectivity index is 1.63. The van der Waals surface area contributed by atoms with E-state index in [1.54, 1.807) is 42.2 Å². The molecule has 2 amide bonds. The Morgan fingerprint density at radius 1 is 1.07 bits per heavy atom. The first-order valence-electron chi connectivity index (χ1n) is 14.1. The van der Waals surface area contributed by atoms with Crippen molar-refractivity contribution in [3.63, 3.8) is 0 Å². The van der Waals surface area contributed by atoms with Crippen LogP contribution in [-0.2, 0) is 0 Å². The van der Waals surface area contributed by atoms with Crippen molar-refractivity contribution < 1.29 is 24.2 Å². The third kappa shape index (κ3) is 5.79. The predicted octanol–water partition coefficient (Wildman–Crippen LogP) is 5.17. The molecule has 4 atom stereocenters. The highest BCUT2D eigenvalue weighted by Gasteiger charge is 2.46. The van der Waals surface area contributed by atoms with E-state index in [1.165, 1.54) is 24.3 Å². The molecular weight excluding hydrogens is 521 g/mol. The van der Waals surface area contributed by atoms with E-state index in [0.29, 0.717) is 28.8 Å². The van der Waals surface area contributed by atoms with Crippen LogP contribution in [-0.4, -0.2) is 83.0 Å². The van der Waals surface area contributed by atoms with Crippen molar-refractivity contribution in [2.24, 2.45) is 5.92 Å². The second kappa shape index (κ2) is 11.9. The fourth-order valence-electron chi connectivity index (χ4n) is 6.67. The molecule has 0 bridgehead atoms. The molecule has 215 valence electrons. The molecule has 0 unspecified atom stereocenters. The predicted molar refractivity (Wildman–Crippen MR) is 155 cm³/mol. The van der Waals surface area contributed by atoms with Crippen LogP contribution < -0.4 is 0 Å². The number of carbonyl (C=O) groups excluding carboxylic acids is 2. The topological polar surface area (TPSA) is 84.3 Å². The zero-order valence-electron chi connectivity index (χ0n) is 23.8. The SMILES string of the molecule is Cc1c(F)cccc1[C@H]1[C@@H](C(=O)c2cccc(O)c2)CN(C(=O)N2CCC[C@H]2CN(C)C)C[C@@H]1c1cc[c]cc1O. The molecule has 41 heavy (non-hydrogen) atoms. The highest BCUT2D eigenvalue weighted by Crippen LogP contribution is 2.48. The Kier molecular flexibility index (Phi) is 8.31. The molecule has 2 aliphatic heterocycles. The summed E-state index contributed by atoms with van der Waals surface area (Å²) in [4.78, 5) is 34.1. The number of Topliss-reactive ketones (excluding diaryl/α,β-unsaturated/α-hetero) is 1. The summed E-state index contributed by atoms with van der Waals surface area (Å²) in [6, 6.07) is 18.8. The van der Waals surface area contributed by atoms with Gasteiger partial charge in [0.2, 0.25) is 0 Å². The van der Waals surface area contributed by atoms with E-state index in [1.807, 2.05) is 25.1 Å². The number of carbonyl (C=O) groups is 2. The minimum Gasteiger partial charge on any atom is -0.508 e. The first-order chi connectivity index (χ1) is 19.7. The summed E-state index contributed by atoms with van der Waals surface area (Å²) in [5.74, 6) is -2.42. The van der Waals surface area contributed by atoms with E-state index >= 15 is 0 Å². The summed E-state index contributed by atoms with van der Waals surface area (Å²) in [7, 11) is 3.98. The van der Waals surface area contributed by atoms with E-state index in [0.717, 1.165) is 19.4 Å². The summed E-state index contributed by atoms with van der Waals surface area (Å²) < 4.78 is 15.0. The van der Waals surface area contributed by atoms with E-state index in [9.17, 15) is 24.2 Å². The van der Waals surface area contributed by atoms with Crippen molar-refractivity contribution in [3.05, 3.63) is 94.8 Å². The minimum absolute atomic E-state index is 0.0149. The number of benzene rings is 3. The standard InChI is InChI=1S/C33H37FN3O4/c1-21-25(13-7-14-29(21)34)31-27(26-12-4-5-15-30(26)39)19-36(33(41)37-16-8-10-23(37)18-35(2)3)20-28(31)32(40)22-9-6-11-24(38)17-22/h4,6-7,9,11-15,17,23,27-28,31,38-39H,8,10,16,18-20H2,1-3H3/t23-,27+,28-,31+/m0/s1. The number of ketones is 1. The lowest BCUT2D eigenvalue weighted by molar-refractivity contribution is 0.0728. The van der Waals surface area contributed by atoms with Gasteiger partial charge in [-0.15, -0.1) is 0 Å². The summed E-state index contributed by atoms with van der Waals surface area (Å²) in [6.45, 7) is 3.47. The van der Waals surface area contributed by atoms with Crippen LogP contribution in [0.15, 0.2) is 60.7 Å². The number of aromatic hydroxyl groups is 2. The molecule has 2 N–H and O–H groups in total. The van der Waals surface area contributed by atoms with Gasteiger partial charge in [-0.3, -0.25) is 4.79 Å². The molecule has 2 heterocycles. The highest BCUT2D eigenvalue weighted by atomic mass is 19.1. The van der Waals surface area contributed by atoms with Crippen LogP contribution in [0.2, 0.25) is 0 Å². The van der Waals surface area contributed by atoms with Gasteiger partial charge < -0.3 is 24.9 Å². The fourth-order valence-corrected chi connectivity index (χ4v) is 6.67. The number of phenolic OH excluding ortho intramolecular Hbond substituents is 2. The number of hydrogen-bond donors (Lipinski definition) is 2. The molecule has 0 aromatic heterocycles. The van der Waals surface area contributed by atoms with Gasteiger partial charge in [0.15, 0.2) is 5.78 Å². The Morgan fingerprint density at radius 2 is 1.85 bits per heavy atom. The number of likely N-dealkylation sites (N-methyl/N-ethyl adjacent to an activating group) is 1. The van der Waals surface area contributed by atoms with Gasteiger partial charge in [-0.25, -0.2) is 9.18 Å². The fraction of sp³-hybridized carbons (Fsp3) is 0.394. The maximum Gasteiger partial charge on any atom is 0.320 e. The number of piperidine rings is 1. The molecule has 3 aromatic carbocycles. The summed E-state index contributed by atoms with van der Waals surface area (Å²) in [5.41, 5.74) is 2.00. The largest absolute Gasteiger partial charge is 0.508 e. The monoisotopic (exact) mass is 558 g/mol. The van der Waals surface area contributed by atoms with E-state index in [-0.39, 0.29) is 48.3 Å². The van der Waals surface area contributed by atoms with Crippen molar-refractivity contribution >= 4 is 11.8 Å². The molecule has 0 spiro atoms. The first kappa shape index (κ1) is 28.6. The third-order valence-electron chi connectivity index (χ3n) is 8.58. The number of amides is 2. The van der Waals surface area contributed by atoms with Gasteiger partial charge in [0.1, 0.15) is 17.3 Å². The van der Waals surface area contributed by atoms with Crippen LogP contribution in [0.4, 0.5) is 9.18 Å². The second-order valence-electron chi connectivity index (χ2n) is 11.5. The Morgan fingerprint density at radius 3 is 2.59 bits per heavy atom. The van der Waals surface area contributed by atoms with E-state index < -0.39 is 17.8 Å². The van der Waals surface area contributed by atoms with Crippen molar-refractivity contribution in [1.82, 2.24) is 14.7 Å². The number of halogens is 1. The van der Waals surface area contributed by atoms with E-state index in [2.05, 4.69) is 11.0 Å². The molecular formula is C33H37FN3O4. The average molecular weight is 559 g/mol. The number of phenols is 2. The van der Waals surface area contributed by atoms with Gasteiger partial charge in [0.25, 0.3) is 0 Å². The smallest absolute Gasteiger partial charge is 0.320 e. The normalized spacial score (nSPS) is 22.8. The summed E-state index contributed by atoms with van der Waals surface area (Å²) in [5, 5.41) is 21.1.